The van der Waals surface area contributed by atoms with Gasteiger partial charge in [0.05, 0.1) is 23.0 Å². The van der Waals surface area contributed by atoms with Gasteiger partial charge in [-0.2, -0.15) is 5.26 Å². The number of aromatic nitrogens is 2. The first-order valence-corrected chi connectivity index (χ1v) is 13.9. The maximum absolute atomic E-state index is 11.6. The molecular formula is C29H29N5O2S2. The van der Waals surface area contributed by atoms with E-state index in [0.717, 1.165) is 47.4 Å². The maximum Gasteiger partial charge on any atom is 0.219 e. The van der Waals surface area contributed by atoms with Crippen LogP contribution in [0.4, 0.5) is 5.13 Å². The highest BCUT2D eigenvalue weighted by molar-refractivity contribution is 8.03. The van der Waals surface area contributed by atoms with E-state index in [2.05, 4.69) is 28.3 Å². The topological polar surface area (TPSA) is 91.1 Å². The number of hydrogen-bond donors (Lipinski definition) is 1. The van der Waals surface area contributed by atoms with Crippen LogP contribution in [0.3, 0.4) is 0 Å². The average molecular weight is 544 g/mol. The van der Waals surface area contributed by atoms with Crippen molar-refractivity contribution in [3.63, 3.8) is 0 Å². The minimum absolute atomic E-state index is 0.134. The second kappa shape index (κ2) is 13.1. The molecule has 3 heterocycles. The monoisotopic (exact) mass is 543 g/mol. The minimum atomic E-state index is 0.134. The maximum atomic E-state index is 11.6. The van der Waals surface area contributed by atoms with Crippen molar-refractivity contribution < 1.29 is 9.53 Å². The Morgan fingerprint density at radius 2 is 2.03 bits per heavy atom. The molecule has 1 saturated heterocycles. The third-order valence-electron chi connectivity index (χ3n) is 6.08. The molecule has 0 unspecified atom stereocenters. The highest BCUT2D eigenvalue weighted by atomic mass is 32.2. The molecule has 1 N–H and O–H groups in total. The largest absolute Gasteiger partial charge is 0.456 e. The molecule has 0 atom stereocenters. The number of benzene rings is 1. The van der Waals surface area contributed by atoms with Crippen molar-refractivity contribution >= 4 is 34.1 Å². The summed E-state index contributed by atoms with van der Waals surface area (Å²) >= 11 is 2.96. The Morgan fingerprint density at radius 3 is 2.71 bits per heavy atom. The van der Waals surface area contributed by atoms with E-state index in [0.29, 0.717) is 28.0 Å². The number of nitrogens with one attached hydrogen (secondary N) is 1. The van der Waals surface area contributed by atoms with Gasteiger partial charge < -0.3 is 15.0 Å². The third-order valence-corrected chi connectivity index (χ3v) is 7.81. The smallest absolute Gasteiger partial charge is 0.219 e. The number of amides is 1. The van der Waals surface area contributed by atoms with Gasteiger partial charge >= 0.3 is 0 Å². The molecule has 3 aromatic rings. The lowest BCUT2D eigenvalue weighted by Crippen LogP contribution is -2.36. The minimum Gasteiger partial charge on any atom is -0.456 e. The Bertz CT molecular complexity index is 1380. The van der Waals surface area contributed by atoms with Gasteiger partial charge in [-0.25, -0.2) is 9.97 Å². The first-order chi connectivity index (χ1) is 18.4. The number of nitriles is 1. The number of piperidine rings is 1. The summed E-state index contributed by atoms with van der Waals surface area (Å²) in [7, 11) is 0. The molecule has 1 aromatic carbocycles. The summed E-state index contributed by atoms with van der Waals surface area (Å²) in [5, 5.41) is 16.2. The zero-order chi connectivity index (χ0) is 26.9. The fourth-order valence-corrected chi connectivity index (χ4v) is 5.63. The van der Waals surface area contributed by atoms with Crippen molar-refractivity contribution in [2.45, 2.75) is 37.6 Å². The van der Waals surface area contributed by atoms with Gasteiger partial charge in [-0.1, -0.05) is 42.6 Å². The van der Waals surface area contributed by atoms with E-state index < -0.39 is 0 Å². The molecular weight excluding hydrogens is 514 g/mol. The Labute approximate surface area is 231 Å². The van der Waals surface area contributed by atoms with Crippen molar-refractivity contribution in [2.75, 3.05) is 18.4 Å². The zero-order valence-electron chi connectivity index (χ0n) is 21.4. The SMILES string of the molecule is C=C/C(=C\C(Oc1ccccc1)=C(/C)Nc1nc(C2CCN(C(C)=O)CC2)cs1)Sc1cc(C#N)ccn1. The molecule has 1 aliphatic heterocycles. The van der Waals surface area contributed by atoms with Crippen molar-refractivity contribution in [3.8, 4) is 11.8 Å². The fourth-order valence-electron chi connectivity index (χ4n) is 3.99. The van der Waals surface area contributed by atoms with Crippen LogP contribution < -0.4 is 10.1 Å². The van der Waals surface area contributed by atoms with E-state index in [1.54, 1.807) is 42.7 Å². The summed E-state index contributed by atoms with van der Waals surface area (Å²) in [4.78, 5) is 23.6. The Hall–Kier alpha value is -3.87. The molecule has 194 valence electrons. The first-order valence-electron chi connectivity index (χ1n) is 12.2. The summed E-state index contributed by atoms with van der Waals surface area (Å²) < 4.78 is 6.27. The summed E-state index contributed by atoms with van der Waals surface area (Å²) in [5.74, 6) is 1.80. The van der Waals surface area contributed by atoms with Crippen LogP contribution in [0.5, 0.6) is 5.75 Å². The average Bonchev–Trinajstić information content (AvgIpc) is 3.41. The predicted molar refractivity (Wildman–Crippen MR) is 153 cm³/mol. The summed E-state index contributed by atoms with van der Waals surface area (Å²) in [5.41, 5.74) is 2.40. The summed E-state index contributed by atoms with van der Waals surface area (Å²) in [6, 6.07) is 15.1. The van der Waals surface area contributed by atoms with Crippen LogP contribution >= 0.6 is 23.1 Å². The molecule has 0 bridgehead atoms. The molecule has 0 aliphatic carbocycles. The van der Waals surface area contributed by atoms with Crippen LogP contribution in [0.2, 0.25) is 0 Å². The Balaban J connectivity index is 1.56. The van der Waals surface area contributed by atoms with Gasteiger partial charge in [-0.15, -0.1) is 11.3 Å². The highest BCUT2D eigenvalue weighted by Gasteiger charge is 2.24. The number of ether oxygens (including phenoxy) is 1. The lowest BCUT2D eigenvalue weighted by Gasteiger charge is -2.30. The van der Waals surface area contributed by atoms with Crippen LogP contribution in [-0.2, 0) is 4.79 Å². The number of likely N-dealkylation sites (tertiary alicyclic amines) is 1. The second-order valence-electron chi connectivity index (χ2n) is 8.73. The van der Waals surface area contributed by atoms with Gasteiger partial charge in [0, 0.05) is 42.4 Å². The summed E-state index contributed by atoms with van der Waals surface area (Å²) in [6.07, 6.45) is 7.10. The van der Waals surface area contributed by atoms with Crippen LogP contribution in [0.25, 0.3) is 0 Å². The molecule has 1 aliphatic rings. The molecule has 0 radical (unpaired) electrons. The molecule has 4 rings (SSSR count). The van der Waals surface area contributed by atoms with Crippen molar-refractivity contribution in [2.24, 2.45) is 0 Å². The third kappa shape index (κ3) is 7.34. The van der Waals surface area contributed by atoms with Crippen molar-refractivity contribution in [1.29, 1.82) is 5.26 Å². The molecule has 0 saturated carbocycles. The number of thioether (sulfide) groups is 1. The molecule has 2 aromatic heterocycles. The van der Waals surface area contributed by atoms with E-state index >= 15 is 0 Å². The van der Waals surface area contributed by atoms with Crippen LogP contribution in [0.1, 0.15) is 43.9 Å². The Kier molecular flexibility index (Phi) is 9.35. The van der Waals surface area contributed by atoms with Gasteiger partial charge in [0.2, 0.25) is 5.91 Å². The van der Waals surface area contributed by atoms with E-state index in [-0.39, 0.29) is 5.91 Å². The lowest BCUT2D eigenvalue weighted by atomic mass is 9.94. The number of pyridine rings is 1. The number of carbonyl (C=O) groups is 1. The van der Waals surface area contributed by atoms with Gasteiger partial charge in [-0.3, -0.25) is 4.79 Å². The molecule has 1 amide bonds. The number of allylic oxidation sites excluding steroid dienone is 3. The van der Waals surface area contributed by atoms with Crippen molar-refractivity contribution in [3.05, 3.63) is 100 Å². The number of hydrogen-bond acceptors (Lipinski definition) is 8. The standard InChI is InChI=1S/C29H29N5O2S2/c1-4-25(38-28-16-22(18-30)10-13-31-28)17-27(36-24-8-6-5-7-9-24)20(2)32-29-33-26(19-37-29)23-11-14-34(15-12-23)21(3)35/h4-10,13,16-17,19,23H,1,11-12,14-15H2,2-3H3,(H,32,33)/b25-17+,27-20-. The number of nitrogens with zero attached hydrogens (tertiary/aromatic N) is 4. The van der Waals surface area contributed by atoms with E-state index in [1.165, 1.54) is 11.8 Å². The van der Waals surface area contributed by atoms with Crippen LogP contribution in [0, 0.1) is 11.3 Å². The number of carbonyl (C=O) groups excluding carboxylic acids is 1. The number of para-hydroxylation sites is 1. The lowest BCUT2D eigenvalue weighted by molar-refractivity contribution is -0.129. The van der Waals surface area contributed by atoms with Crippen LogP contribution in [-0.4, -0.2) is 33.9 Å². The van der Waals surface area contributed by atoms with Gasteiger partial charge in [0.1, 0.15) is 16.5 Å². The van der Waals surface area contributed by atoms with Gasteiger partial charge in [0.15, 0.2) is 5.13 Å². The van der Waals surface area contributed by atoms with Crippen LogP contribution in [0.15, 0.2) is 94.2 Å². The predicted octanol–water partition coefficient (Wildman–Crippen LogP) is 6.72. The van der Waals surface area contributed by atoms with Crippen molar-refractivity contribution in [1.82, 2.24) is 14.9 Å². The highest BCUT2D eigenvalue weighted by Crippen LogP contribution is 2.32. The first kappa shape index (κ1) is 27.2. The molecule has 0 spiro atoms. The van der Waals surface area contributed by atoms with E-state index in [4.69, 9.17) is 9.72 Å². The molecule has 38 heavy (non-hydrogen) atoms. The number of rotatable bonds is 9. The number of anilines is 1. The van der Waals surface area contributed by atoms with Gasteiger partial charge in [0.25, 0.3) is 0 Å². The summed E-state index contributed by atoms with van der Waals surface area (Å²) in [6.45, 7) is 9.07. The molecule has 1 fully saturated rings. The zero-order valence-corrected chi connectivity index (χ0v) is 23.0. The second-order valence-corrected chi connectivity index (χ2v) is 10.7. The fraction of sp³-hybridized carbons (Fsp3) is 0.241. The van der Waals surface area contributed by atoms with E-state index in [1.807, 2.05) is 48.2 Å². The van der Waals surface area contributed by atoms with Gasteiger partial charge in [-0.05, 0) is 50.1 Å². The molecule has 9 heteroatoms. The normalized spacial score (nSPS) is 14.9. The Morgan fingerprint density at radius 1 is 1.26 bits per heavy atom. The van der Waals surface area contributed by atoms with E-state index in [9.17, 15) is 10.1 Å². The quantitative estimate of drug-likeness (QED) is 0.182. The molecule has 7 nitrogen and oxygen atoms in total. The number of thiazole rings is 1.